The van der Waals surface area contributed by atoms with Crippen LogP contribution < -0.4 is 10.2 Å². The number of ether oxygens (including phenoxy) is 1. The van der Waals surface area contributed by atoms with Gasteiger partial charge in [-0.05, 0) is 29.8 Å². The van der Waals surface area contributed by atoms with Gasteiger partial charge >= 0.3 is 0 Å². The Morgan fingerprint density at radius 2 is 1.89 bits per heavy atom. The number of nitrogens with one attached hydrogen (secondary N) is 1. The maximum Gasteiger partial charge on any atom is 0.163 e. The molecule has 0 bridgehead atoms. The lowest BCUT2D eigenvalue weighted by Gasteiger charge is -2.28. The Balaban J connectivity index is 1.40. The third-order valence-corrected chi connectivity index (χ3v) is 4.61. The van der Waals surface area contributed by atoms with Gasteiger partial charge in [0.25, 0.3) is 0 Å². The molecule has 3 heterocycles. The van der Waals surface area contributed by atoms with Crippen molar-refractivity contribution in [2.45, 2.75) is 6.54 Å². The first-order valence-electron chi connectivity index (χ1n) is 8.87. The first-order chi connectivity index (χ1) is 13.3. The van der Waals surface area contributed by atoms with Gasteiger partial charge in [-0.15, -0.1) is 0 Å². The molecule has 2 aromatic heterocycles. The van der Waals surface area contributed by atoms with E-state index in [0.29, 0.717) is 17.4 Å². The van der Waals surface area contributed by atoms with E-state index in [2.05, 4.69) is 49.4 Å². The van der Waals surface area contributed by atoms with E-state index in [1.54, 1.807) is 24.7 Å². The predicted molar refractivity (Wildman–Crippen MR) is 107 cm³/mol. The van der Waals surface area contributed by atoms with Crippen molar-refractivity contribution in [1.82, 2.24) is 15.0 Å². The van der Waals surface area contributed by atoms with Crippen molar-refractivity contribution < 1.29 is 4.74 Å². The topological polar surface area (TPSA) is 63.2 Å². The fourth-order valence-corrected chi connectivity index (χ4v) is 3.14. The zero-order valence-corrected chi connectivity index (χ0v) is 15.6. The average Bonchev–Trinajstić information content (AvgIpc) is 2.73. The highest BCUT2D eigenvalue weighted by Crippen LogP contribution is 2.20. The molecule has 1 fully saturated rings. The van der Waals surface area contributed by atoms with Crippen LogP contribution in [0.5, 0.6) is 0 Å². The number of anilines is 2. The van der Waals surface area contributed by atoms with Crippen molar-refractivity contribution in [3.05, 3.63) is 65.6 Å². The van der Waals surface area contributed by atoms with Crippen LogP contribution in [-0.2, 0) is 11.3 Å². The van der Waals surface area contributed by atoms with Crippen molar-refractivity contribution in [2.24, 2.45) is 0 Å². The highest BCUT2D eigenvalue weighted by atomic mass is 35.5. The normalized spacial score (nSPS) is 14.2. The SMILES string of the molecule is Clc1cncc(-c2nccc(NCc3ccc(N4CCOCC4)cc3)n2)c1. The number of pyridine rings is 1. The minimum absolute atomic E-state index is 0.565. The van der Waals surface area contributed by atoms with E-state index in [9.17, 15) is 0 Å². The predicted octanol–water partition coefficient (Wildman–Crippen LogP) is 3.64. The van der Waals surface area contributed by atoms with Crippen LogP contribution in [-0.4, -0.2) is 41.3 Å². The monoisotopic (exact) mass is 381 g/mol. The van der Waals surface area contributed by atoms with Crippen LogP contribution >= 0.6 is 11.6 Å². The molecule has 3 aromatic rings. The summed E-state index contributed by atoms with van der Waals surface area (Å²) < 4.78 is 5.41. The number of halogens is 1. The number of rotatable bonds is 5. The summed E-state index contributed by atoms with van der Waals surface area (Å²) in [7, 11) is 0. The average molecular weight is 382 g/mol. The molecular formula is C20H20ClN5O. The van der Waals surface area contributed by atoms with Crippen LogP contribution in [0.3, 0.4) is 0 Å². The Kier molecular flexibility index (Phi) is 5.46. The van der Waals surface area contributed by atoms with Crippen LogP contribution in [0.4, 0.5) is 11.5 Å². The van der Waals surface area contributed by atoms with Gasteiger partial charge < -0.3 is 15.0 Å². The molecule has 0 aliphatic carbocycles. The fraction of sp³-hybridized carbons (Fsp3) is 0.250. The third-order valence-electron chi connectivity index (χ3n) is 4.40. The minimum Gasteiger partial charge on any atom is -0.378 e. The second kappa shape index (κ2) is 8.33. The van der Waals surface area contributed by atoms with Crippen LogP contribution in [0.25, 0.3) is 11.4 Å². The number of hydrogen-bond acceptors (Lipinski definition) is 6. The van der Waals surface area contributed by atoms with E-state index in [1.165, 1.54) is 11.3 Å². The van der Waals surface area contributed by atoms with E-state index in [1.807, 2.05) is 6.07 Å². The molecule has 0 unspecified atom stereocenters. The summed E-state index contributed by atoms with van der Waals surface area (Å²) in [5, 5.41) is 3.91. The van der Waals surface area contributed by atoms with Crippen molar-refractivity contribution in [1.29, 1.82) is 0 Å². The Labute approximate surface area is 163 Å². The lowest BCUT2D eigenvalue weighted by molar-refractivity contribution is 0.122. The first kappa shape index (κ1) is 17.7. The van der Waals surface area contributed by atoms with Gasteiger partial charge in [-0.2, -0.15) is 0 Å². The summed E-state index contributed by atoms with van der Waals surface area (Å²) in [6.07, 6.45) is 5.02. The third kappa shape index (κ3) is 4.53. The number of morpholine rings is 1. The highest BCUT2D eigenvalue weighted by molar-refractivity contribution is 6.30. The van der Waals surface area contributed by atoms with E-state index in [0.717, 1.165) is 37.7 Å². The molecule has 0 radical (unpaired) electrons. The largest absolute Gasteiger partial charge is 0.378 e. The molecule has 0 atom stereocenters. The Morgan fingerprint density at radius 1 is 1.07 bits per heavy atom. The smallest absolute Gasteiger partial charge is 0.163 e. The molecule has 7 heteroatoms. The number of hydrogen-bond donors (Lipinski definition) is 1. The maximum absolute atomic E-state index is 6.00. The Morgan fingerprint density at radius 3 is 2.67 bits per heavy atom. The molecule has 0 amide bonds. The van der Waals surface area contributed by atoms with E-state index in [4.69, 9.17) is 16.3 Å². The molecular weight excluding hydrogens is 362 g/mol. The second-order valence-corrected chi connectivity index (χ2v) is 6.71. The Bertz CT molecular complexity index is 897. The van der Waals surface area contributed by atoms with Crippen LogP contribution in [0, 0.1) is 0 Å². The summed E-state index contributed by atoms with van der Waals surface area (Å²) in [6.45, 7) is 4.16. The molecule has 4 rings (SSSR count). The van der Waals surface area contributed by atoms with Crippen molar-refractivity contribution >= 4 is 23.1 Å². The Hall–Kier alpha value is -2.70. The molecule has 0 spiro atoms. The minimum atomic E-state index is 0.565. The van der Waals surface area contributed by atoms with E-state index < -0.39 is 0 Å². The molecule has 0 saturated carbocycles. The van der Waals surface area contributed by atoms with E-state index >= 15 is 0 Å². The van der Waals surface area contributed by atoms with Gasteiger partial charge in [0.1, 0.15) is 5.82 Å². The lowest BCUT2D eigenvalue weighted by Crippen LogP contribution is -2.36. The summed E-state index contributed by atoms with van der Waals surface area (Å²) in [5.41, 5.74) is 3.22. The molecule has 1 aliphatic rings. The van der Waals surface area contributed by atoms with Gasteiger partial charge in [0, 0.05) is 49.5 Å². The summed E-state index contributed by atoms with van der Waals surface area (Å²) in [4.78, 5) is 15.3. The quantitative estimate of drug-likeness (QED) is 0.728. The summed E-state index contributed by atoms with van der Waals surface area (Å²) >= 11 is 6.00. The van der Waals surface area contributed by atoms with Gasteiger partial charge in [-0.3, -0.25) is 4.98 Å². The maximum atomic E-state index is 6.00. The van der Waals surface area contributed by atoms with Crippen molar-refractivity contribution in [3.63, 3.8) is 0 Å². The molecule has 1 aromatic carbocycles. The lowest BCUT2D eigenvalue weighted by atomic mass is 10.2. The zero-order chi connectivity index (χ0) is 18.5. The van der Waals surface area contributed by atoms with Crippen LogP contribution in [0.1, 0.15) is 5.56 Å². The highest BCUT2D eigenvalue weighted by Gasteiger charge is 2.10. The van der Waals surface area contributed by atoms with Crippen LogP contribution in [0.15, 0.2) is 55.0 Å². The molecule has 138 valence electrons. The van der Waals surface area contributed by atoms with Gasteiger partial charge in [0.05, 0.1) is 18.2 Å². The number of aromatic nitrogens is 3. The van der Waals surface area contributed by atoms with Gasteiger partial charge in [0.2, 0.25) is 0 Å². The summed E-state index contributed by atoms with van der Waals surface area (Å²) in [5.74, 6) is 1.36. The number of benzene rings is 1. The molecule has 1 N–H and O–H groups in total. The van der Waals surface area contributed by atoms with Gasteiger partial charge in [-0.25, -0.2) is 9.97 Å². The fourth-order valence-electron chi connectivity index (χ4n) is 2.97. The van der Waals surface area contributed by atoms with Crippen LogP contribution in [0.2, 0.25) is 5.02 Å². The first-order valence-corrected chi connectivity index (χ1v) is 9.25. The van der Waals surface area contributed by atoms with Crippen molar-refractivity contribution in [2.75, 3.05) is 36.5 Å². The molecule has 6 nitrogen and oxygen atoms in total. The molecule has 1 saturated heterocycles. The number of nitrogens with zero attached hydrogens (tertiary/aromatic N) is 4. The zero-order valence-electron chi connectivity index (χ0n) is 14.8. The van der Waals surface area contributed by atoms with E-state index in [-0.39, 0.29) is 0 Å². The molecule has 27 heavy (non-hydrogen) atoms. The standard InChI is InChI=1S/C20H20ClN5O/c21-17-11-16(13-22-14-17)20-23-6-5-19(25-20)24-12-15-1-3-18(4-2-15)26-7-9-27-10-8-26/h1-6,11,13-14H,7-10,12H2,(H,23,24,25). The summed E-state index contributed by atoms with van der Waals surface area (Å²) in [6, 6.07) is 12.2. The second-order valence-electron chi connectivity index (χ2n) is 6.28. The van der Waals surface area contributed by atoms with Gasteiger partial charge in [0.15, 0.2) is 5.82 Å². The van der Waals surface area contributed by atoms with Crippen molar-refractivity contribution in [3.8, 4) is 11.4 Å². The van der Waals surface area contributed by atoms with Gasteiger partial charge in [-0.1, -0.05) is 23.7 Å². The molecule has 1 aliphatic heterocycles.